The number of benzene rings is 1. The Morgan fingerprint density at radius 2 is 1.85 bits per heavy atom. The SMILES string of the molecule is Cc1nnc(CN=C(NC2CCCC2)N2CCN(Cc3ccc4c(c3)OCO4)CC2)n1C.I. The summed E-state index contributed by atoms with van der Waals surface area (Å²) in [6.07, 6.45) is 5.06. The van der Waals surface area contributed by atoms with Gasteiger partial charge in [-0.3, -0.25) is 4.90 Å². The largest absolute Gasteiger partial charge is 0.454 e. The molecule has 0 radical (unpaired) electrons. The average molecular weight is 567 g/mol. The molecule has 2 aromatic rings. The Kier molecular flexibility index (Phi) is 7.94. The summed E-state index contributed by atoms with van der Waals surface area (Å²) in [5.74, 6) is 4.53. The van der Waals surface area contributed by atoms with Crippen LogP contribution in [-0.2, 0) is 20.1 Å². The summed E-state index contributed by atoms with van der Waals surface area (Å²) in [7, 11) is 2.00. The Bertz CT molecular complexity index is 966. The molecule has 3 aliphatic rings. The van der Waals surface area contributed by atoms with E-state index in [-0.39, 0.29) is 24.0 Å². The van der Waals surface area contributed by atoms with Crippen LogP contribution in [0, 0.1) is 6.92 Å². The minimum Gasteiger partial charge on any atom is -0.454 e. The summed E-state index contributed by atoms with van der Waals surface area (Å²) in [4.78, 5) is 9.86. The third-order valence-electron chi connectivity index (χ3n) is 6.76. The summed E-state index contributed by atoms with van der Waals surface area (Å²) < 4.78 is 13.0. The van der Waals surface area contributed by atoms with Crippen LogP contribution in [0.3, 0.4) is 0 Å². The number of guanidine groups is 1. The van der Waals surface area contributed by atoms with Crippen molar-refractivity contribution in [2.45, 2.75) is 51.7 Å². The first-order valence-corrected chi connectivity index (χ1v) is 11.7. The second-order valence-electron chi connectivity index (χ2n) is 8.94. The maximum Gasteiger partial charge on any atom is 0.231 e. The van der Waals surface area contributed by atoms with E-state index >= 15 is 0 Å². The molecule has 9 nitrogen and oxygen atoms in total. The molecule has 3 heterocycles. The van der Waals surface area contributed by atoms with Crippen molar-refractivity contribution in [3.8, 4) is 11.5 Å². The number of aryl methyl sites for hydroxylation is 1. The second kappa shape index (κ2) is 10.9. The van der Waals surface area contributed by atoms with Crippen molar-refractivity contribution in [1.29, 1.82) is 0 Å². The lowest BCUT2D eigenvalue weighted by Gasteiger charge is -2.37. The average Bonchev–Trinajstić information content (AvgIpc) is 3.55. The van der Waals surface area contributed by atoms with Crippen LogP contribution in [0.25, 0.3) is 0 Å². The van der Waals surface area contributed by atoms with Crippen LogP contribution >= 0.6 is 24.0 Å². The highest BCUT2D eigenvalue weighted by molar-refractivity contribution is 14.0. The van der Waals surface area contributed by atoms with E-state index in [1.54, 1.807) is 0 Å². The third-order valence-corrected chi connectivity index (χ3v) is 6.76. The standard InChI is InChI=1S/C23H33N7O2.HI/c1-17-26-27-22(28(17)2)14-24-23(25-19-5-3-4-6-19)30-11-9-29(10-12-30)15-18-7-8-20-21(13-18)32-16-31-20;/h7-8,13,19H,3-6,9-12,14-16H2,1-2H3,(H,24,25);1H. The molecule has 1 saturated carbocycles. The molecule has 5 rings (SSSR count). The number of aliphatic imine (C=N–C) groups is 1. The highest BCUT2D eigenvalue weighted by Gasteiger charge is 2.24. The predicted molar refractivity (Wildman–Crippen MR) is 137 cm³/mol. The Hall–Kier alpha value is -2.08. The fourth-order valence-corrected chi connectivity index (χ4v) is 4.64. The van der Waals surface area contributed by atoms with Gasteiger partial charge in [-0.1, -0.05) is 18.9 Å². The monoisotopic (exact) mass is 567 g/mol. The first-order chi connectivity index (χ1) is 15.7. The van der Waals surface area contributed by atoms with Crippen molar-refractivity contribution in [1.82, 2.24) is 29.9 Å². The second-order valence-corrected chi connectivity index (χ2v) is 8.94. The van der Waals surface area contributed by atoms with E-state index < -0.39 is 0 Å². The van der Waals surface area contributed by atoms with Crippen molar-refractivity contribution >= 4 is 29.9 Å². The molecule has 1 aliphatic carbocycles. The molecule has 1 saturated heterocycles. The maximum atomic E-state index is 5.53. The van der Waals surface area contributed by atoms with E-state index in [1.807, 2.05) is 24.6 Å². The summed E-state index contributed by atoms with van der Waals surface area (Å²) in [5.41, 5.74) is 1.26. The van der Waals surface area contributed by atoms with Gasteiger partial charge in [-0.05, 0) is 37.5 Å². The zero-order valence-corrected chi connectivity index (χ0v) is 21.8. The zero-order chi connectivity index (χ0) is 21.9. The first kappa shape index (κ1) is 24.1. The van der Waals surface area contributed by atoms with Gasteiger partial charge in [0.05, 0.1) is 0 Å². The third kappa shape index (κ3) is 5.71. The number of ether oxygens (including phenoxy) is 2. The molecule has 2 aliphatic heterocycles. The predicted octanol–water partition coefficient (Wildman–Crippen LogP) is 2.68. The molecule has 0 amide bonds. The van der Waals surface area contributed by atoms with Crippen LogP contribution in [0.15, 0.2) is 23.2 Å². The van der Waals surface area contributed by atoms with Gasteiger partial charge in [-0.25, -0.2) is 4.99 Å². The van der Waals surface area contributed by atoms with Crippen molar-refractivity contribution in [2.75, 3.05) is 33.0 Å². The maximum absolute atomic E-state index is 5.53. The van der Waals surface area contributed by atoms with Gasteiger partial charge in [0.1, 0.15) is 12.4 Å². The smallest absolute Gasteiger partial charge is 0.231 e. The lowest BCUT2D eigenvalue weighted by atomic mass is 10.1. The summed E-state index contributed by atoms with van der Waals surface area (Å²) in [6, 6.07) is 6.78. The molecule has 33 heavy (non-hydrogen) atoms. The van der Waals surface area contributed by atoms with E-state index in [0.29, 0.717) is 19.4 Å². The van der Waals surface area contributed by atoms with E-state index in [1.165, 1.54) is 31.2 Å². The van der Waals surface area contributed by atoms with E-state index in [2.05, 4.69) is 37.4 Å². The van der Waals surface area contributed by atoms with Gasteiger partial charge in [0.25, 0.3) is 0 Å². The van der Waals surface area contributed by atoms with Crippen LogP contribution in [-0.4, -0.2) is 69.5 Å². The van der Waals surface area contributed by atoms with Gasteiger partial charge in [-0.15, -0.1) is 34.2 Å². The van der Waals surface area contributed by atoms with Crippen molar-refractivity contribution in [2.24, 2.45) is 12.0 Å². The molecule has 180 valence electrons. The number of aromatic nitrogens is 3. The molecular formula is C23H34IN7O2. The minimum atomic E-state index is 0. The van der Waals surface area contributed by atoms with Gasteiger partial charge in [0.2, 0.25) is 6.79 Å². The first-order valence-electron chi connectivity index (χ1n) is 11.7. The Morgan fingerprint density at radius 1 is 1.09 bits per heavy atom. The number of piperazine rings is 1. The topological polar surface area (TPSA) is 80.0 Å². The number of hydrogen-bond acceptors (Lipinski definition) is 6. The summed E-state index contributed by atoms with van der Waals surface area (Å²) >= 11 is 0. The van der Waals surface area contributed by atoms with Crippen molar-refractivity contribution in [3.63, 3.8) is 0 Å². The van der Waals surface area contributed by atoms with Gasteiger partial charge < -0.3 is 24.3 Å². The lowest BCUT2D eigenvalue weighted by molar-refractivity contribution is 0.170. The zero-order valence-electron chi connectivity index (χ0n) is 19.5. The van der Waals surface area contributed by atoms with Crippen LogP contribution < -0.4 is 14.8 Å². The summed E-state index contributed by atoms with van der Waals surface area (Å²) in [6.45, 7) is 7.68. The van der Waals surface area contributed by atoms with Crippen LogP contribution in [0.1, 0.15) is 42.9 Å². The number of rotatable bonds is 5. The van der Waals surface area contributed by atoms with Gasteiger partial charge in [0, 0.05) is 45.8 Å². The summed E-state index contributed by atoms with van der Waals surface area (Å²) in [5, 5.41) is 12.2. The van der Waals surface area contributed by atoms with Crippen LogP contribution in [0.5, 0.6) is 11.5 Å². The molecular weight excluding hydrogens is 533 g/mol. The Balaban J connectivity index is 0.00000259. The van der Waals surface area contributed by atoms with Gasteiger partial charge in [0.15, 0.2) is 23.3 Å². The van der Waals surface area contributed by atoms with Crippen molar-refractivity contribution in [3.05, 3.63) is 35.4 Å². The van der Waals surface area contributed by atoms with E-state index in [0.717, 1.165) is 61.8 Å². The quantitative estimate of drug-likeness (QED) is 0.338. The fourth-order valence-electron chi connectivity index (χ4n) is 4.64. The molecule has 0 bridgehead atoms. The number of hydrogen-bond donors (Lipinski definition) is 1. The normalized spacial score (nSPS) is 19.1. The lowest BCUT2D eigenvalue weighted by Crippen LogP contribution is -2.53. The molecule has 1 aromatic heterocycles. The molecule has 0 atom stereocenters. The molecule has 0 spiro atoms. The minimum absolute atomic E-state index is 0. The highest BCUT2D eigenvalue weighted by atomic mass is 127. The number of fused-ring (bicyclic) bond motifs is 1. The van der Waals surface area contributed by atoms with Crippen LogP contribution in [0.4, 0.5) is 0 Å². The Labute approximate surface area is 212 Å². The number of halogens is 1. The molecule has 0 unspecified atom stereocenters. The van der Waals surface area contributed by atoms with E-state index in [9.17, 15) is 0 Å². The van der Waals surface area contributed by atoms with Crippen LogP contribution in [0.2, 0.25) is 0 Å². The van der Waals surface area contributed by atoms with Gasteiger partial charge >= 0.3 is 0 Å². The molecule has 1 aromatic carbocycles. The molecule has 10 heteroatoms. The highest BCUT2D eigenvalue weighted by Crippen LogP contribution is 2.32. The van der Waals surface area contributed by atoms with E-state index in [4.69, 9.17) is 14.5 Å². The van der Waals surface area contributed by atoms with Crippen molar-refractivity contribution < 1.29 is 9.47 Å². The molecule has 1 N–H and O–H groups in total. The van der Waals surface area contributed by atoms with Gasteiger partial charge in [-0.2, -0.15) is 0 Å². The number of nitrogens with zero attached hydrogens (tertiary/aromatic N) is 6. The number of nitrogens with one attached hydrogen (secondary N) is 1. The molecule has 2 fully saturated rings. The Morgan fingerprint density at radius 3 is 2.58 bits per heavy atom. The fraction of sp³-hybridized carbons (Fsp3) is 0.609.